The molecular weight excluding hydrogens is 431 g/mol. The molecule has 0 aliphatic carbocycles. The summed E-state index contributed by atoms with van der Waals surface area (Å²) in [5.74, 6) is 0. The monoisotopic (exact) mass is 456 g/mol. The van der Waals surface area contributed by atoms with E-state index in [0.29, 0.717) is 16.6 Å². The first-order valence-corrected chi connectivity index (χ1v) is 11.4. The van der Waals surface area contributed by atoms with Gasteiger partial charge in [-0.25, -0.2) is 4.79 Å². The van der Waals surface area contributed by atoms with Gasteiger partial charge < -0.3 is 4.90 Å². The second-order valence-electron chi connectivity index (χ2n) is 7.76. The molecule has 7 heteroatoms. The van der Waals surface area contributed by atoms with Crippen LogP contribution in [-0.4, -0.2) is 47.2 Å². The highest BCUT2D eigenvalue weighted by Crippen LogP contribution is 2.32. The lowest BCUT2D eigenvalue weighted by molar-refractivity contribution is 0.251. The van der Waals surface area contributed by atoms with Crippen LogP contribution in [0.5, 0.6) is 0 Å². The van der Waals surface area contributed by atoms with Gasteiger partial charge in [0.25, 0.3) is 0 Å². The molecule has 0 bridgehead atoms. The van der Waals surface area contributed by atoms with Crippen molar-refractivity contribution in [2.45, 2.75) is 19.4 Å². The first kappa shape index (κ1) is 21.9. The minimum atomic E-state index is -0.187. The fraction of sp³-hybridized carbons (Fsp3) is 0.333. The predicted octanol–water partition coefficient (Wildman–Crippen LogP) is 4.82. The van der Waals surface area contributed by atoms with Crippen LogP contribution in [0.2, 0.25) is 10.0 Å². The Balaban J connectivity index is 1.22. The van der Waals surface area contributed by atoms with Gasteiger partial charge in [0, 0.05) is 44.5 Å². The van der Waals surface area contributed by atoms with Gasteiger partial charge in [0.2, 0.25) is 0 Å². The van der Waals surface area contributed by atoms with Gasteiger partial charge >= 0.3 is 5.69 Å². The summed E-state index contributed by atoms with van der Waals surface area (Å²) in [6, 6.07) is 17.5. The number of unbranched alkanes of at least 4 members (excludes halogenated alkanes) is 1. The van der Waals surface area contributed by atoms with Crippen molar-refractivity contribution in [3.05, 3.63) is 81.3 Å². The van der Waals surface area contributed by atoms with Gasteiger partial charge in [-0.2, -0.15) is 4.98 Å². The molecule has 0 amide bonds. The third-order valence-corrected chi connectivity index (χ3v) is 6.52. The van der Waals surface area contributed by atoms with E-state index in [4.69, 9.17) is 23.2 Å². The highest BCUT2D eigenvalue weighted by molar-refractivity contribution is 6.43. The predicted molar refractivity (Wildman–Crippen MR) is 128 cm³/mol. The molecule has 2 aromatic carbocycles. The van der Waals surface area contributed by atoms with Crippen molar-refractivity contribution in [3.8, 4) is 11.3 Å². The smallest absolute Gasteiger partial charge is 0.348 e. The largest absolute Gasteiger partial charge is 0.368 e. The number of hydrogen-bond acceptors (Lipinski definition) is 4. The molecule has 4 rings (SSSR count). The third-order valence-electron chi connectivity index (χ3n) is 5.71. The van der Waals surface area contributed by atoms with E-state index in [2.05, 4.69) is 14.8 Å². The fourth-order valence-corrected chi connectivity index (χ4v) is 4.35. The fourth-order valence-electron chi connectivity index (χ4n) is 3.94. The van der Waals surface area contributed by atoms with Crippen LogP contribution in [0.15, 0.2) is 65.6 Å². The van der Waals surface area contributed by atoms with Crippen LogP contribution < -0.4 is 10.6 Å². The van der Waals surface area contributed by atoms with Gasteiger partial charge in [0.15, 0.2) is 0 Å². The van der Waals surface area contributed by atoms with Gasteiger partial charge in [0.05, 0.1) is 21.4 Å². The standard InChI is InChI=1S/C24H26Cl2N4O/c25-20-9-6-10-22(23(20)26)29-17-15-28(16-18-29)12-4-5-13-30-14-11-21(27-24(30)31)19-7-2-1-3-8-19/h1-3,6-11,14H,4-5,12-13,15-18H2. The highest BCUT2D eigenvalue weighted by Gasteiger charge is 2.19. The topological polar surface area (TPSA) is 41.4 Å². The van der Waals surface area contributed by atoms with E-state index in [0.717, 1.165) is 62.5 Å². The summed E-state index contributed by atoms with van der Waals surface area (Å²) in [5.41, 5.74) is 2.51. The number of halogens is 2. The van der Waals surface area contributed by atoms with Crippen molar-refractivity contribution < 1.29 is 0 Å². The first-order valence-electron chi connectivity index (χ1n) is 10.7. The number of aryl methyl sites for hydroxylation is 1. The molecule has 3 aromatic rings. The van der Waals surface area contributed by atoms with Gasteiger partial charge in [-0.3, -0.25) is 9.47 Å². The van der Waals surface area contributed by atoms with E-state index >= 15 is 0 Å². The van der Waals surface area contributed by atoms with Gasteiger partial charge in [-0.1, -0.05) is 59.6 Å². The Bertz CT molecular complexity index is 1060. The summed E-state index contributed by atoms with van der Waals surface area (Å²) in [6.45, 7) is 5.58. The van der Waals surface area contributed by atoms with E-state index in [1.54, 1.807) is 4.57 Å². The van der Waals surface area contributed by atoms with Crippen LogP contribution in [0, 0.1) is 0 Å². The zero-order valence-electron chi connectivity index (χ0n) is 17.4. The van der Waals surface area contributed by atoms with Crippen molar-refractivity contribution in [2.75, 3.05) is 37.6 Å². The van der Waals surface area contributed by atoms with E-state index in [-0.39, 0.29) is 5.69 Å². The molecule has 0 N–H and O–H groups in total. The quantitative estimate of drug-likeness (QED) is 0.477. The molecule has 1 aromatic heterocycles. The van der Waals surface area contributed by atoms with Gasteiger partial charge in [-0.05, 0) is 37.6 Å². The number of aromatic nitrogens is 2. The van der Waals surface area contributed by atoms with E-state index in [1.807, 2.05) is 60.8 Å². The lowest BCUT2D eigenvalue weighted by atomic mass is 10.1. The molecule has 1 saturated heterocycles. The van der Waals surface area contributed by atoms with Crippen LogP contribution in [0.1, 0.15) is 12.8 Å². The lowest BCUT2D eigenvalue weighted by Crippen LogP contribution is -2.46. The van der Waals surface area contributed by atoms with Crippen LogP contribution in [0.25, 0.3) is 11.3 Å². The molecule has 0 spiro atoms. The SMILES string of the molecule is O=c1nc(-c2ccccc2)ccn1CCCCN1CCN(c2cccc(Cl)c2Cl)CC1. The molecule has 1 fully saturated rings. The summed E-state index contributed by atoms with van der Waals surface area (Å²) in [5, 5.41) is 1.23. The number of rotatable bonds is 7. The van der Waals surface area contributed by atoms with Gasteiger partial charge in [0.1, 0.15) is 0 Å². The van der Waals surface area contributed by atoms with E-state index in [9.17, 15) is 4.79 Å². The molecule has 0 saturated carbocycles. The van der Waals surface area contributed by atoms with E-state index < -0.39 is 0 Å². The normalized spacial score (nSPS) is 14.7. The van der Waals surface area contributed by atoms with Crippen LogP contribution in [0.4, 0.5) is 5.69 Å². The summed E-state index contributed by atoms with van der Waals surface area (Å²) < 4.78 is 1.70. The maximum atomic E-state index is 12.3. The Morgan fingerprint density at radius 3 is 2.32 bits per heavy atom. The molecule has 31 heavy (non-hydrogen) atoms. The zero-order chi connectivity index (χ0) is 21.6. The second kappa shape index (κ2) is 10.3. The minimum absolute atomic E-state index is 0.187. The number of nitrogens with zero attached hydrogens (tertiary/aromatic N) is 4. The summed E-state index contributed by atoms with van der Waals surface area (Å²) in [7, 11) is 0. The molecule has 162 valence electrons. The van der Waals surface area contributed by atoms with Crippen LogP contribution in [-0.2, 0) is 6.54 Å². The van der Waals surface area contributed by atoms with Gasteiger partial charge in [-0.15, -0.1) is 0 Å². The number of anilines is 1. The first-order chi connectivity index (χ1) is 15.1. The molecule has 0 unspecified atom stereocenters. The van der Waals surface area contributed by atoms with Crippen molar-refractivity contribution in [2.24, 2.45) is 0 Å². The molecule has 2 heterocycles. The summed E-state index contributed by atoms with van der Waals surface area (Å²) in [4.78, 5) is 21.3. The Morgan fingerprint density at radius 1 is 0.839 bits per heavy atom. The molecule has 5 nitrogen and oxygen atoms in total. The Hall–Kier alpha value is -2.34. The van der Waals surface area contributed by atoms with Crippen molar-refractivity contribution in [3.63, 3.8) is 0 Å². The molecular formula is C24H26Cl2N4O. The van der Waals surface area contributed by atoms with Crippen LogP contribution >= 0.6 is 23.2 Å². The minimum Gasteiger partial charge on any atom is -0.368 e. The summed E-state index contributed by atoms with van der Waals surface area (Å²) >= 11 is 12.5. The molecule has 1 aliphatic rings. The number of hydrogen-bond donors (Lipinski definition) is 0. The average Bonchev–Trinajstić information content (AvgIpc) is 2.80. The Labute approximate surface area is 192 Å². The molecule has 1 aliphatic heterocycles. The van der Waals surface area contributed by atoms with E-state index in [1.165, 1.54) is 0 Å². The highest BCUT2D eigenvalue weighted by atomic mass is 35.5. The average molecular weight is 457 g/mol. The van der Waals surface area contributed by atoms with Crippen molar-refractivity contribution >= 4 is 28.9 Å². The Kier molecular flexibility index (Phi) is 7.28. The number of piperazine rings is 1. The number of benzene rings is 2. The Morgan fingerprint density at radius 2 is 1.58 bits per heavy atom. The van der Waals surface area contributed by atoms with Crippen LogP contribution in [0.3, 0.4) is 0 Å². The zero-order valence-corrected chi connectivity index (χ0v) is 18.9. The summed E-state index contributed by atoms with van der Waals surface area (Å²) in [6.07, 6.45) is 3.85. The molecule has 0 radical (unpaired) electrons. The second-order valence-corrected chi connectivity index (χ2v) is 8.55. The maximum Gasteiger partial charge on any atom is 0.348 e. The maximum absolute atomic E-state index is 12.3. The van der Waals surface area contributed by atoms with Crippen molar-refractivity contribution in [1.29, 1.82) is 0 Å². The molecule has 0 atom stereocenters. The lowest BCUT2D eigenvalue weighted by Gasteiger charge is -2.36. The third kappa shape index (κ3) is 5.48. The van der Waals surface area contributed by atoms with Crippen molar-refractivity contribution in [1.82, 2.24) is 14.5 Å².